The second kappa shape index (κ2) is 5.73. The standard InChI is InChI=1S/C12H20N2O2S3/c1-12(2)5-6-14(7-8-17-12)19(15,16)11-4-3-10(9-13)18-11/h3-4H,5-9,13H2,1-2H3. The van der Waals surface area contributed by atoms with Crippen LogP contribution in [0.4, 0.5) is 0 Å². The van der Waals surface area contributed by atoms with Crippen molar-refractivity contribution in [2.45, 2.75) is 35.8 Å². The quantitative estimate of drug-likeness (QED) is 0.926. The van der Waals surface area contributed by atoms with Crippen molar-refractivity contribution in [2.24, 2.45) is 5.73 Å². The van der Waals surface area contributed by atoms with E-state index in [-0.39, 0.29) is 4.75 Å². The molecule has 1 aliphatic heterocycles. The minimum Gasteiger partial charge on any atom is -0.326 e. The molecule has 4 nitrogen and oxygen atoms in total. The molecule has 0 saturated carbocycles. The van der Waals surface area contributed by atoms with Crippen LogP contribution >= 0.6 is 23.1 Å². The average molecular weight is 321 g/mol. The lowest BCUT2D eigenvalue weighted by atomic mass is 10.1. The molecule has 1 fully saturated rings. The largest absolute Gasteiger partial charge is 0.326 e. The molecule has 2 N–H and O–H groups in total. The van der Waals surface area contributed by atoms with Crippen LogP contribution in [0, 0.1) is 0 Å². The number of thiophene rings is 1. The summed E-state index contributed by atoms with van der Waals surface area (Å²) in [5, 5.41) is 0. The van der Waals surface area contributed by atoms with Crippen molar-refractivity contribution in [1.82, 2.24) is 4.31 Å². The highest BCUT2D eigenvalue weighted by Crippen LogP contribution is 2.33. The summed E-state index contributed by atoms with van der Waals surface area (Å²) in [5.41, 5.74) is 5.54. The minimum absolute atomic E-state index is 0.155. The Morgan fingerprint density at radius 1 is 1.37 bits per heavy atom. The van der Waals surface area contributed by atoms with E-state index in [1.807, 2.05) is 11.8 Å². The summed E-state index contributed by atoms with van der Waals surface area (Å²) in [5.74, 6) is 0.849. The molecule has 0 atom stereocenters. The van der Waals surface area contributed by atoms with Gasteiger partial charge in [-0.1, -0.05) is 13.8 Å². The molecule has 7 heteroatoms. The molecule has 0 bridgehead atoms. The van der Waals surface area contributed by atoms with E-state index in [9.17, 15) is 8.42 Å². The van der Waals surface area contributed by atoms with E-state index in [1.54, 1.807) is 16.4 Å². The van der Waals surface area contributed by atoms with E-state index < -0.39 is 10.0 Å². The fourth-order valence-corrected chi connectivity index (χ4v) is 6.02. The Morgan fingerprint density at radius 2 is 2.11 bits per heavy atom. The van der Waals surface area contributed by atoms with Gasteiger partial charge >= 0.3 is 0 Å². The SMILES string of the molecule is CC1(C)CCN(S(=O)(=O)c2ccc(CN)s2)CCS1. The van der Waals surface area contributed by atoms with Crippen LogP contribution in [0.15, 0.2) is 16.3 Å². The lowest BCUT2D eigenvalue weighted by Gasteiger charge is -2.22. The van der Waals surface area contributed by atoms with Crippen molar-refractivity contribution in [1.29, 1.82) is 0 Å². The van der Waals surface area contributed by atoms with Crippen LogP contribution in [0.2, 0.25) is 0 Å². The summed E-state index contributed by atoms with van der Waals surface area (Å²) >= 11 is 3.12. The van der Waals surface area contributed by atoms with Gasteiger partial charge in [-0.2, -0.15) is 16.1 Å². The molecule has 2 heterocycles. The molecule has 0 aliphatic carbocycles. The molecule has 2 rings (SSSR count). The van der Waals surface area contributed by atoms with Gasteiger partial charge in [-0.15, -0.1) is 11.3 Å². The van der Waals surface area contributed by atoms with Crippen molar-refractivity contribution >= 4 is 33.1 Å². The van der Waals surface area contributed by atoms with E-state index in [4.69, 9.17) is 5.73 Å². The van der Waals surface area contributed by atoms with Crippen LogP contribution in [0.25, 0.3) is 0 Å². The lowest BCUT2D eigenvalue weighted by molar-refractivity contribution is 0.416. The number of nitrogens with zero attached hydrogens (tertiary/aromatic N) is 1. The smallest absolute Gasteiger partial charge is 0.252 e. The maximum atomic E-state index is 12.6. The zero-order chi connectivity index (χ0) is 14.1. The number of sulfonamides is 1. The first-order valence-corrected chi connectivity index (χ1v) is 9.52. The molecule has 0 amide bonds. The van der Waals surface area contributed by atoms with Crippen molar-refractivity contribution in [3.05, 3.63) is 17.0 Å². The fourth-order valence-electron chi connectivity index (χ4n) is 1.98. The van der Waals surface area contributed by atoms with Gasteiger partial charge in [0.2, 0.25) is 0 Å². The first-order valence-electron chi connectivity index (χ1n) is 6.28. The summed E-state index contributed by atoms with van der Waals surface area (Å²) in [6.45, 7) is 5.92. The van der Waals surface area contributed by atoms with Gasteiger partial charge in [0, 0.05) is 35.0 Å². The Bertz CT molecular complexity index is 537. The number of nitrogens with two attached hydrogens (primary N) is 1. The summed E-state index contributed by atoms with van der Waals surface area (Å²) in [6, 6.07) is 3.47. The lowest BCUT2D eigenvalue weighted by Crippen LogP contribution is -2.33. The van der Waals surface area contributed by atoms with Crippen LogP contribution in [0.3, 0.4) is 0 Å². The van der Waals surface area contributed by atoms with Gasteiger partial charge in [0.1, 0.15) is 4.21 Å². The van der Waals surface area contributed by atoms with Crippen molar-refractivity contribution in [2.75, 3.05) is 18.8 Å². The summed E-state index contributed by atoms with van der Waals surface area (Å²) in [7, 11) is -3.34. The molecule has 1 aromatic rings. The number of thioether (sulfide) groups is 1. The first kappa shape index (κ1) is 15.3. The highest BCUT2D eigenvalue weighted by molar-refractivity contribution is 8.00. The third-order valence-corrected chi connectivity index (χ3v) is 8.07. The van der Waals surface area contributed by atoms with Gasteiger partial charge in [-0.3, -0.25) is 0 Å². The Hall–Kier alpha value is -0.0800. The van der Waals surface area contributed by atoms with Gasteiger partial charge in [0.25, 0.3) is 10.0 Å². The zero-order valence-corrected chi connectivity index (χ0v) is 13.7. The molecule has 1 aliphatic rings. The monoisotopic (exact) mass is 320 g/mol. The summed E-state index contributed by atoms with van der Waals surface area (Å²) in [4.78, 5) is 0.906. The maximum absolute atomic E-state index is 12.6. The molecule has 1 aromatic heterocycles. The Morgan fingerprint density at radius 3 is 2.74 bits per heavy atom. The average Bonchev–Trinajstić information content (AvgIpc) is 2.75. The molecule has 0 aromatic carbocycles. The second-order valence-electron chi connectivity index (χ2n) is 5.19. The molecule has 1 saturated heterocycles. The molecule has 0 unspecified atom stereocenters. The highest BCUT2D eigenvalue weighted by Gasteiger charge is 2.31. The van der Waals surface area contributed by atoms with Gasteiger partial charge in [0.05, 0.1) is 0 Å². The van der Waals surface area contributed by atoms with Gasteiger partial charge in [-0.25, -0.2) is 8.42 Å². The number of hydrogen-bond donors (Lipinski definition) is 1. The van der Waals surface area contributed by atoms with E-state index in [0.717, 1.165) is 17.1 Å². The van der Waals surface area contributed by atoms with Crippen molar-refractivity contribution < 1.29 is 8.42 Å². The summed E-state index contributed by atoms with van der Waals surface area (Å²) < 4.78 is 27.3. The van der Waals surface area contributed by atoms with E-state index in [1.165, 1.54) is 11.3 Å². The molecule has 19 heavy (non-hydrogen) atoms. The van der Waals surface area contributed by atoms with Crippen LogP contribution in [-0.2, 0) is 16.6 Å². The van der Waals surface area contributed by atoms with Crippen LogP contribution in [0.1, 0.15) is 25.1 Å². The molecule has 0 radical (unpaired) electrons. The Balaban J connectivity index is 2.20. The van der Waals surface area contributed by atoms with Crippen molar-refractivity contribution in [3.8, 4) is 0 Å². The van der Waals surface area contributed by atoms with Gasteiger partial charge in [-0.05, 0) is 18.6 Å². The van der Waals surface area contributed by atoms with Gasteiger partial charge in [0.15, 0.2) is 0 Å². The fraction of sp³-hybridized carbons (Fsp3) is 0.667. The van der Waals surface area contributed by atoms with E-state index in [0.29, 0.717) is 23.8 Å². The normalized spacial score (nSPS) is 21.2. The maximum Gasteiger partial charge on any atom is 0.252 e. The number of hydrogen-bond acceptors (Lipinski definition) is 5. The van der Waals surface area contributed by atoms with E-state index >= 15 is 0 Å². The van der Waals surface area contributed by atoms with E-state index in [2.05, 4.69) is 13.8 Å². The molecular formula is C12H20N2O2S3. The Labute approximate surface area is 123 Å². The zero-order valence-electron chi connectivity index (χ0n) is 11.3. The first-order chi connectivity index (χ1) is 8.85. The summed E-state index contributed by atoms with van der Waals surface area (Å²) in [6.07, 6.45) is 0.881. The van der Waals surface area contributed by atoms with Gasteiger partial charge < -0.3 is 5.73 Å². The Kier molecular flexibility index (Phi) is 4.62. The third-order valence-electron chi connectivity index (χ3n) is 3.23. The minimum atomic E-state index is -3.34. The predicted molar refractivity (Wildman–Crippen MR) is 82.1 cm³/mol. The molecular weight excluding hydrogens is 300 g/mol. The third kappa shape index (κ3) is 3.52. The molecule has 108 valence electrons. The highest BCUT2D eigenvalue weighted by atomic mass is 32.2. The van der Waals surface area contributed by atoms with Crippen LogP contribution in [-0.4, -0.2) is 36.3 Å². The van der Waals surface area contributed by atoms with Crippen molar-refractivity contribution in [3.63, 3.8) is 0 Å². The van der Waals surface area contributed by atoms with Crippen LogP contribution in [0.5, 0.6) is 0 Å². The number of rotatable bonds is 3. The topological polar surface area (TPSA) is 63.4 Å². The second-order valence-corrected chi connectivity index (χ2v) is 10.3. The predicted octanol–water partition coefficient (Wildman–Crippen LogP) is 2.11. The van der Waals surface area contributed by atoms with Crippen LogP contribution < -0.4 is 5.73 Å². The molecule has 0 spiro atoms.